The van der Waals surface area contributed by atoms with Gasteiger partial charge in [0, 0.05) is 19.2 Å². The van der Waals surface area contributed by atoms with E-state index in [1.165, 1.54) is 18.9 Å². The van der Waals surface area contributed by atoms with Crippen LogP contribution >= 0.6 is 11.8 Å². The zero-order valence-corrected chi connectivity index (χ0v) is 16.4. The van der Waals surface area contributed by atoms with E-state index in [0.717, 1.165) is 17.0 Å². The number of carbonyl (C=O) groups excluding carboxylic acids is 2. The lowest BCUT2D eigenvalue weighted by molar-refractivity contribution is -0.118. The van der Waals surface area contributed by atoms with Crippen LogP contribution < -0.4 is 5.32 Å². The van der Waals surface area contributed by atoms with Gasteiger partial charge in [-0.3, -0.25) is 4.79 Å². The molecule has 2 aromatic carbocycles. The third-order valence-electron chi connectivity index (χ3n) is 4.06. The van der Waals surface area contributed by atoms with Crippen molar-refractivity contribution in [1.82, 2.24) is 20.1 Å². The summed E-state index contributed by atoms with van der Waals surface area (Å²) in [5.74, 6) is 0.507. The Balaban J connectivity index is 1.51. The number of amides is 1. The molecular formula is C20H20N4O3S. The quantitative estimate of drug-likeness (QED) is 0.488. The van der Waals surface area contributed by atoms with Crippen molar-refractivity contribution in [3.63, 3.8) is 0 Å². The van der Waals surface area contributed by atoms with Gasteiger partial charge in [-0.2, -0.15) is 0 Å². The van der Waals surface area contributed by atoms with Gasteiger partial charge in [-0.25, -0.2) is 4.79 Å². The molecule has 3 rings (SSSR count). The van der Waals surface area contributed by atoms with Crippen LogP contribution in [0.5, 0.6) is 0 Å². The molecule has 0 aliphatic heterocycles. The number of rotatable bonds is 7. The molecule has 3 aromatic rings. The van der Waals surface area contributed by atoms with Crippen molar-refractivity contribution < 1.29 is 14.3 Å². The Labute approximate surface area is 167 Å². The largest absolute Gasteiger partial charge is 0.465 e. The van der Waals surface area contributed by atoms with E-state index in [4.69, 9.17) is 0 Å². The van der Waals surface area contributed by atoms with E-state index in [-0.39, 0.29) is 17.6 Å². The molecule has 1 amide bonds. The van der Waals surface area contributed by atoms with Crippen LogP contribution in [0.15, 0.2) is 59.8 Å². The van der Waals surface area contributed by atoms with Crippen molar-refractivity contribution in [2.45, 2.75) is 11.7 Å². The molecule has 1 N–H and O–H groups in total. The Hall–Kier alpha value is -3.13. The Bertz CT molecular complexity index is 955. The van der Waals surface area contributed by atoms with E-state index in [1.807, 2.05) is 41.9 Å². The van der Waals surface area contributed by atoms with Crippen LogP contribution in [0.4, 0.5) is 0 Å². The minimum atomic E-state index is -0.384. The Morgan fingerprint density at radius 2 is 1.79 bits per heavy atom. The summed E-state index contributed by atoms with van der Waals surface area (Å²) < 4.78 is 6.54. The van der Waals surface area contributed by atoms with Crippen LogP contribution in [-0.2, 0) is 23.1 Å². The Morgan fingerprint density at radius 3 is 2.46 bits per heavy atom. The maximum Gasteiger partial charge on any atom is 0.337 e. The van der Waals surface area contributed by atoms with Crippen LogP contribution in [0.1, 0.15) is 15.9 Å². The molecule has 0 radical (unpaired) electrons. The zero-order valence-electron chi connectivity index (χ0n) is 15.6. The summed E-state index contributed by atoms with van der Waals surface area (Å²) in [5.41, 5.74) is 2.35. The van der Waals surface area contributed by atoms with Crippen molar-refractivity contribution in [2.75, 3.05) is 12.9 Å². The number of nitrogens with zero attached hydrogens (tertiary/aromatic N) is 3. The van der Waals surface area contributed by atoms with E-state index in [9.17, 15) is 9.59 Å². The lowest BCUT2D eigenvalue weighted by Gasteiger charge is -2.06. The number of hydrogen-bond donors (Lipinski definition) is 1. The van der Waals surface area contributed by atoms with Crippen molar-refractivity contribution >= 4 is 23.6 Å². The molecule has 0 aliphatic carbocycles. The van der Waals surface area contributed by atoms with Gasteiger partial charge in [-0.1, -0.05) is 54.2 Å². The lowest BCUT2D eigenvalue weighted by atomic mass is 10.1. The van der Waals surface area contributed by atoms with Crippen LogP contribution in [-0.4, -0.2) is 39.5 Å². The van der Waals surface area contributed by atoms with E-state index < -0.39 is 0 Å². The summed E-state index contributed by atoms with van der Waals surface area (Å²) in [6, 6.07) is 16.7. The molecule has 7 nitrogen and oxygen atoms in total. The van der Waals surface area contributed by atoms with Gasteiger partial charge in [-0.15, -0.1) is 10.2 Å². The Morgan fingerprint density at radius 1 is 1.07 bits per heavy atom. The van der Waals surface area contributed by atoms with E-state index in [0.29, 0.717) is 17.3 Å². The average Bonchev–Trinajstić information content (AvgIpc) is 3.11. The Kier molecular flexibility index (Phi) is 6.44. The van der Waals surface area contributed by atoms with Gasteiger partial charge >= 0.3 is 5.97 Å². The SMILES string of the molecule is COC(=O)c1ccc(CNC(=O)CSc2nnc(-c3ccccc3)n2C)cc1. The van der Waals surface area contributed by atoms with Gasteiger partial charge in [0.25, 0.3) is 0 Å². The van der Waals surface area contributed by atoms with Crippen LogP contribution in [0.25, 0.3) is 11.4 Å². The predicted molar refractivity (Wildman–Crippen MR) is 107 cm³/mol. The number of hydrogen-bond acceptors (Lipinski definition) is 6. The number of benzene rings is 2. The van der Waals surface area contributed by atoms with Crippen molar-refractivity contribution in [2.24, 2.45) is 7.05 Å². The van der Waals surface area contributed by atoms with Gasteiger partial charge in [0.1, 0.15) is 0 Å². The molecule has 1 heterocycles. The molecule has 1 aromatic heterocycles. The maximum absolute atomic E-state index is 12.1. The first-order valence-electron chi connectivity index (χ1n) is 8.60. The molecule has 0 saturated carbocycles. The highest BCUT2D eigenvalue weighted by Gasteiger charge is 2.12. The molecule has 0 unspecified atom stereocenters. The summed E-state index contributed by atoms with van der Waals surface area (Å²) in [4.78, 5) is 23.6. The lowest BCUT2D eigenvalue weighted by Crippen LogP contribution is -2.24. The second-order valence-corrected chi connectivity index (χ2v) is 6.93. The number of methoxy groups -OCH3 is 1. The molecule has 0 fully saturated rings. The fourth-order valence-electron chi connectivity index (χ4n) is 2.54. The fourth-order valence-corrected chi connectivity index (χ4v) is 3.28. The summed E-state index contributed by atoms with van der Waals surface area (Å²) in [6.07, 6.45) is 0. The molecule has 0 spiro atoms. The summed E-state index contributed by atoms with van der Waals surface area (Å²) >= 11 is 1.33. The highest BCUT2D eigenvalue weighted by atomic mass is 32.2. The van der Waals surface area contributed by atoms with E-state index >= 15 is 0 Å². The second kappa shape index (κ2) is 9.18. The van der Waals surface area contributed by atoms with E-state index in [2.05, 4.69) is 20.3 Å². The number of thioether (sulfide) groups is 1. The van der Waals surface area contributed by atoms with Crippen molar-refractivity contribution in [1.29, 1.82) is 0 Å². The summed E-state index contributed by atoms with van der Waals surface area (Å²) in [5, 5.41) is 11.9. The number of nitrogens with one attached hydrogen (secondary N) is 1. The monoisotopic (exact) mass is 396 g/mol. The average molecular weight is 396 g/mol. The highest BCUT2D eigenvalue weighted by molar-refractivity contribution is 7.99. The van der Waals surface area contributed by atoms with Gasteiger partial charge in [0.15, 0.2) is 11.0 Å². The third-order valence-corrected chi connectivity index (χ3v) is 5.08. The van der Waals surface area contributed by atoms with Gasteiger partial charge < -0.3 is 14.6 Å². The number of ether oxygens (including phenoxy) is 1. The predicted octanol–water partition coefficient (Wildman–Crippen LogP) is 2.68. The van der Waals surface area contributed by atoms with Crippen LogP contribution in [0, 0.1) is 0 Å². The topological polar surface area (TPSA) is 86.1 Å². The van der Waals surface area contributed by atoms with Crippen LogP contribution in [0.3, 0.4) is 0 Å². The van der Waals surface area contributed by atoms with Crippen molar-refractivity contribution in [3.05, 3.63) is 65.7 Å². The molecule has 144 valence electrons. The first-order valence-corrected chi connectivity index (χ1v) is 9.58. The second-order valence-electron chi connectivity index (χ2n) is 5.99. The normalized spacial score (nSPS) is 10.5. The third kappa shape index (κ3) is 4.77. The molecule has 8 heteroatoms. The fraction of sp³-hybridized carbons (Fsp3) is 0.200. The van der Waals surface area contributed by atoms with Gasteiger partial charge in [0.05, 0.1) is 18.4 Å². The molecular weight excluding hydrogens is 376 g/mol. The van der Waals surface area contributed by atoms with E-state index in [1.54, 1.807) is 24.3 Å². The van der Waals surface area contributed by atoms with Crippen LogP contribution in [0.2, 0.25) is 0 Å². The molecule has 0 atom stereocenters. The summed E-state index contributed by atoms with van der Waals surface area (Å²) in [6.45, 7) is 0.384. The molecule has 0 bridgehead atoms. The standard InChI is InChI=1S/C20H20N4O3S/c1-24-18(15-6-4-3-5-7-15)22-23-20(24)28-13-17(25)21-12-14-8-10-16(11-9-14)19(26)27-2/h3-11H,12-13H2,1-2H3,(H,21,25). The minimum Gasteiger partial charge on any atom is -0.465 e. The van der Waals surface area contributed by atoms with Gasteiger partial charge in [0.2, 0.25) is 5.91 Å². The molecule has 28 heavy (non-hydrogen) atoms. The number of esters is 1. The highest BCUT2D eigenvalue weighted by Crippen LogP contribution is 2.22. The smallest absolute Gasteiger partial charge is 0.337 e. The first kappa shape index (κ1) is 19.6. The van der Waals surface area contributed by atoms with Gasteiger partial charge in [-0.05, 0) is 17.7 Å². The molecule has 0 saturated heterocycles. The zero-order chi connectivity index (χ0) is 19.9. The van der Waals surface area contributed by atoms with Crippen molar-refractivity contribution in [3.8, 4) is 11.4 Å². The first-order chi connectivity index (χ1) is 13.6. The maximum atomic E-state index is 12.1. The minimum absolute atomic E-state index is 0.105. The summed E-state index contributed by atoms with van der Waals surface area (Å²) in [7, 11) is 3.22. The number of carbonyl (C=O) groups is 2. The number of aromatic nitrogens is 3. The molecule has 0 aliphatic rings.